The minimum absolute atomic E-state index is 0.0426. The van der Waals surface area contributed by atoms with Gasteiger partial charge < -0.3 is 19.6 Å². The number of nitrogens with zero attached hydrogens (tertiary/aromatic N) is 2. The van der Waals surface area contributed by atoms with Crippen LogP contribution in [-0.2, 0) is 16.9 Å². The van der Waals surface area contributed by atoms with Gasteiger partial charge in [0.25, 0.3) is 5.91 Å². The van der Waals surface area contributed by atoms with E-state index in [1.54, 1.807) is 30.2 Å². The van der Waals surface area contributed by atoms with E-state index in [9.17, 15) is 14.7 Å². The zero-order valence-electron chi connectivity index (χ0n) is 15.7. The van der Waals surface area contributed by atoms with Crippen LogP contribution in [0.1, 0.15) is 27.9 Å². The molecule has 2 amide bonds. The van der Waals surface area contributed by atoms with Gasteiger partial charge in [0.1, 0.15) is 11.3 Å². The Kier molecular flexibility index (Phi) is 4.43. The Balaban J connectivity index is 1.79. The van der Waals surface area contributed by atoms with E-state index in [-0.39, 0.29) is 31.3 Å². The summed E-state index contributed by atoms with van der Waals surface area (Å²) < 4.78 is 5.20. The molecule has 0 radical (unpaired) electrons. The van der Waals surface area contributed by atoms with Gasteiger partial charge in [-0.15, -0.1) is 6.58 Å². The molecular weight excluding hydrogens is 356 g/mol. The average Bonchev–Trinajstić information content (AvgIpc) is 3.10. The number of hydrogen-bond acceptors (Lipinski definition) is 4. The van der Waals surface area contributed by atoms with E-state index < -0.39 is 11.8 Å². The van der Waals surface area contributed by atoms with Gasteiger partial charge in [0, 0.05) is 18.7 Å². The number of aliphatic hydroxyl groups excluding tert-OH is 1. The average molecular weight is 378 g/mol. The van der Waals surface area contributed by atoms with Crippen LogP contribution in [-0.4, -0.2) is 46.6 Å². The zero-order chi connectivity index (χ0) is 19.9. The van der Waals surface area contributed by atoms with Gasteiger partial charge in [-0.3, -0.25) is 9.59 Å². The van der Waals surface area contributed by atoms with Gasteiger partial charge in [-0.1, -0.05) is 36.4 Å². The largest absolute Gasteiger partial charge is 0.497 e. The third-order valence-electron chi connectivity index (χ3n) is 5.64. The number of likely N-dealkylation sites (tertiary alicyclic amines) is 1. The second-order valence-corrected chi connectivity index (χ2v) is 7.09. The fraction of sp³-hybridized carbons (Fsp3) is 0.273. The Morgan fingerprint density at radius 2 is 1.93 bits per heavy atom. The molecule has 0 unspecified atom stereocenters. The standard InChI is InChI=1S/C22H22N2O4/c1-3-12-23-19(25)13-22(21(23)27)18-7-5-4-6-17(18)20(26)24(22)14-15-8-10-16(28-2)11-9-15/h3-11,21,27H,1,12-14H2,2H3/t21-,22-/m1/s1. The highest BCUT2D eigenvalue weighted by atomic mass is 16.5. The summed E-state index contributed by atoms with van der Waals surface area (Å²) in [6.07, 6.45) is 0.487. The predicted molar refractivity (Wildman–Crippen MR) is 104 cm³/mol. The van der Waals surface area contributed by atoms with E-state index in [0.29, 0.717) is 11.1 Å². The number of benzene rings is 2. The first-order valence-corrected chi connectivity index (χ1v) is 9.15. The van der Waals surface area contributed by atoms with Gasteiger partial charge in [0.05, 0.1) is 13.5 Å². The van der Waals surface area contributed by atoms with Crippen molar-refractivity contribution in [2.45, 2.75) is 24.7 Å². The molecule has 2 aliphatic rings. The lowest BCUT2D eigenvalue weighted by Crippen LogP contribution is -2.52. The molecule has 1 N–H and O–H groups in total. The first kappa shape index (κ1) is 18.3. The number of carbonyl (C=O) groups is 2. The number of amides is 2. The molecule has 6 heteroatoms. The van der Waals surface area contributed by atoms with E-state index in [0.717, 1.165) is 11.3 Å². The second kappa shape index (κ2) is 6.80. The monoisotopic (exact) mass is 378 g/mol. The van der Waals surface area contributed by atoms with Crippen LogP contribution in [0.5, 0.6) is 5.75 Å². The minimum atomic E-state index is -1.14. The number of aliphatic hydroxyl groups is 1. The van der Waals surface area contributed by atoms with Crippen LogP contribution in [0.15, 0.2) is 61.2 Å². The number of hydrogen-bond donors (Lipinski definition) is 1. The number of rotatable bonds is 5. The molecule has 2 aromatic rings. The number of fused-ring (bicyclic) bond motifs is 2. The third kappa shape index (κ3) is 2.52. The molecule has 4 rings (SSSR count). The summed E-state index contributed by atoms with van der Waals surface area (Å²) in [6.45, 7) is 4.19. The molecule has 0 aliphatic carbocycles. The molecule has 2 aromatic carbocycles. The Labute approximate surface area is 163 Å². The summed E-state index contributed by atoms with van der Waals surface area (Å²) >= 11 is 0. The fourth-order valence-electron chi connectivity index (χ4n) is 4.27. The maximum absolute atomic E-state index is 13.2. The van der Waals surface area contributed by atoms with Gasteiger partial charge >= 0.3 is 0 Å². The maximum atomic E-state index is 13.2. The summed E-state index contributed by atoms with van der Waals surface area (Å²) in [6, 6.07) is 14.6. The van der Waals surface area contributed by atoms with Crippen LogP contribution >= 0.6 is 0 Å². The Bertz CT molecular complexity index is 940. The molecule has 144 valence electrons. The van der Waals surface area contributed by atoms with Gasteiger partial charge in [-0.25, -0.2) is 0 Å². The highest BCUT2D eigenvalue weighted by Gasteiger charge is 2.61. The first-order chi connectivity index (χ1) is 13.5. The first-order valence-electron chi connectivity index (χ1n) is 9.15. The van der Waals surface area contributed by atoms with Crippen molar-refractivity contribution >= 4 is 11.8 Å². The summed E-state index contributed by atoms with van der Waals surface area (Å²) in [4.78, 5) is 28.9. The van der Waals surface area contributed by atoms with Crippen molar-refractivity contribution < 1.29 is 19.4 Å². The van der Waals surface area contributed by atoms with Crippen LogP contribution in [0, 0.1) is 0 Å². The van der Waals surface area contributed by atoms with Gasteiger partial charge in [-0.05, 0) is 29.3 Å². The lowest BCUT2D eigenvalue weighted by molar-refractivity contribution is -0.133. The third-order valence-corrected chi connectivity index (χ3v) is 5.64. The quantitative estimate of drug-likeness (QED) is 0.811. The zero-order valence-corrected chi connectivity index (χ0v) is 15.7. The van der Waals surface area contributed by atoms with Crippen molar-refractivity contribution in [2.24, 2.45) is 0 Å². The van der Waals surface area contributed by atoms with Crippen LogP contribution in [0.25, 0.3) is 0 Å². The molecule has 2 heterocycles. The Morgan fingerprint density at radius 1 is 1.21 bits per heavy atom. The van der Waals surface area contributed by atoms with Crippen LogP contribution in [0.4, 0.5) is 0 Å². The fourth-order valence-corrected chi connectivity index (χ4v) is 4.27. The predicted octanol–water partition coefficient (Wildman–Crippen LogP) is 2.28. The van der Waals surface area contributed by atoms with E-state index in [4.69, 9.17) is 4.74 Å². The normalized spacial score (nSPS) is 23.4. The molecule has 2 aliphatic heterocycles. The molecule has 0 saturated carbocycles. The molecule has 1 saturated heterocycles. The molecular formula is C22H22N2O4. The summed E-state index contributed by atoms with van der Waals surface area (Å²) in [5.74, 6) is 0.345. The molecule has 0 bridgehead atoms. The lowest BCUT2D eigenvalue weighted by Gasteiger charge is -2.39. The van der Waals surface area contributed by atoms with Crippen molar-refractivity contribution in [1.29, 1.82) is 0 Å². The van der Waals surface area contributed by atoms with Crippen LogP contribution in [0.2, 0.25) is 0 Å². The molecule has 6 nitrogen and oxygen atoms in total. The van der Waals surface area contributed by atoms with Crippen molar-refractivity contribution in [3.8, 4) is 5.75 Å². The Morgan fingerprint density at radius 3 is 2.61 bits per heavy atom. The van der Waals surface area contributed by atoms with E-state index in [1.165, 1.54) is 4.90 Å². The summed E-state index contributed by atoms with van der Waals surface area (Å²) in [5.41, 5.74) is 1.01. The molecule has 1 spiro atoms. The van der Waals surface area contributed by atoms with Crippen molar-refractivity contribution in [1.82, 2.24) is 9.80 Å². The number of ether oxygens (including phenoxy) is 1. The van der Waals surface area contributed by atoms with Gasteiger partial charge in [-0.2, -0.15) is 0 Å². The maximum Gasteiger partial charge on any atom is 0.255 e. The smallest absolute Gasteiger partial charge is 0.255 e. The highest BCUT2D eigenvalue weighted by Crippen LogP contribution is 2.49. The minimum Gasteiger partial charge on any atom is -0.497 e. The van der Waals surface area contributed by atoms with E-state index in [1.807, 2.05) is 36.4 Å². The second-order valence-electron chi connectivity index (χ2n) is 7.09. The van der Waals surface area contributed by atoms with Crippen molar-refractivity contribution in [3.05, 3.63) is 77.9 Å². The van der Waals surface area contributed by atoms with E-state index in [2.05, 4.69) is 6.58 Å². The number of carbonyl (C=O) groups excluding carboxylic acids is 2. The topological polar surface area (TPSA) is 70.1 Å². The van der Waals surface area contributed by atoms with Crippen LogP contribution in [0.3, 0.4) is 0 Å². The number of methoxy groups -OCH3 is 1. The van der Waals surface area contributed by atoms with Crippen molar-refractivity contribution in [3.63, 3.8) is 0 Å². The lowest BCUT2D eigenvalue weighted by atomic mass is 9.86. The Hall–Kier alpha value is -3.12. The van der Waals surface area contributed by atoms with Gasteiger partial charge in [0.2, 0.25) is 5.91 Å². The molecule has 1 fully saturated rings. The molecule has 2 atom stereocenters. The summed E-state index contributed by atoms with van der Waals surface area (Å²) in [5, 5.41) is 11.2. The SMILES string of the molecule is C=CCN1C(=O)C[C@@]2(c3ccccc3C(=O)N2Cc2ccc(OC)cc2)[C@H]1O. The highest BCUT2D eigenvalue weighted by molar-refractivity contribution is 6.01. The van der Waals surface area contributed by atoms with E-state index >= 15 is 0 Å². The van der Waals surface area contributed by atoms with Gasteiger partial charge in [0.15, 0.2) is 6.23 Å². The summed E-state index contributed by atoms with van der Waals surface area (Å²) in [7, 11) is 1.60. The molecule has 0 aromatic heterocycles. The van der Waals surface area contributed by atoms with Crippen LogP contribution < -0.4 is 4.74 Å². The van der Waals surface area contributed by atoms with Crippen molar-refractivity contribution in [2.75, 3.05) is 13.7 Å². The molecule has 28 heavy (non-hydrogen) atoms.